The molecule has 0 radical (unpaired) electrons. The number of Topliss-reactive ketones (excluding diaryl/α,β-unsaturated/α-hetero) is 1. The number of carbonyl (C=O) groups excluding carboxylic acids is 1. The largest absolute Gasteiger partial charge is 0.497 e. The molecule has 53 heavy (non-hydrogen) atoms. The molecule has 3 aromatic carbocycles. The van der Waals surface area contributed by atoms with Gasteiger partial charge in [0.05, 0.1) is 60.0 Å². The summed E-state index contributed by atoms with van der Waals surface area (Å²) in [7, 11) is 2.64. The SMILES string of the molecule is COc1ccc(CO[C@@H]2[C@@H](C)[C@H]([C@@H](OCc3ccc(OC)cc3)C(C)=O)O[C@H](CO[Si](C(C)C)(C(C)C)C(C)C)[C@H]2OCc2ccc(OC)cc2)cc1. The number of rotatable bonds is 20. The molecule has 1 heterocycles. The Hall–Kier alpha value is -3.25. The molecule has 1 aliphatic heterocycles. The molecule has 0 amide bonds. The second-order valence-corrected chi connectivity index (χ2v) is 20.5. The number of hydrogen-bond acceptors (Lipinski definition) is 9. The molecular weight excluding hydrogens is 689 g/mol. The summed E-state index contributed by atoms with van der Waals surface area (Å²) in [6.07, 6.45) is -2.96. The van der Waals surface area contributed by atoms with Gasteiger partial charge in [0.2, 0.25) is 0 Å². The number of benzene rings is 3. The van der Waals surface area contributed by atoms with Crippen LogP contribution in [0.3, 0.4) is 0 Å². The maximum atomic E-state index is 13.4. The Morgan fingerprint density at radius 2 is 1.04 bits per heavy atom. The molecule has 292 valence electrons. The summed E-state index contributed by atoms with van der Waals surface area (Å²) < 4.78 is 50.4. The van der Waals surface area contributed by atoms with Crippen LogP contribution in [0, 0.1) is 5.92 Å². The lowest BCUT2D eigenvalue weighted by molar-refractivity contribution is -0.256. The zero-order valence-corrected chi connectivity index (χ0v) is 34.6. The molecule has 0 spiro atoms. The fourth-order valence-corrected chi connectivity index (χ4v) is 13.4. The zero-order valence-electron chi connectivity index (χ0n) is 33.6. The average Bonchev–Trinajstić information content (AvgIpc) is 3.15. The van der Waals surface area contributed by atoms with Crippen molar-refractivity contribution in [1.29, 1.82) is 0 Å². The summed E-state index contributed by atoms with van der Waals surface area (Å²) in [5.41, 5.74) is 4.04. The lowest BCUT2D eigenvalue weighted by Gasteiger charge is -2.49. The van der Waals surface area contributed by atoms with Crippen molar-refractivity contribution in [3.8, 4) is 17.2 Å². The van der Waals surface area contributed by atoms with Crippen molar-refractivity contribution in [2.45, 2.75) is 122 Å². The summed E-state index contributed by atoms with van der Waals surface area (Å²) in [5, 5.41) is 0. The van der Waals surface area contributed by atoms with Crippen LogP contribution in [-0.2, 0) is 48.0 Å². The molecule has 6 atom stereocenters. The van der Waals surface area contributed by atoms with Crippen molar-refractivity contribution in [3.05, 3.63) is 89.5 Å². The Morgan fingerprint density at radius 3 is 1.42 bits per heavy atom. The van der Waals surface area contributed by atoms with Gasteiger partial charge in [0, 0.05) is 5.92 Å². The Labute approximate surface area is 318 Å². The minimum atomic E-state index is -2.31. The van der Waals surface area contributed by atoms with Crippen molar-refractivity contribution in [2.75, 3.05) is 27.9 Å². The van der Waals surface area contributed by atoms with Gasteiger partial charge in [-0.1, -0.05) is 84.9 Å². The Bertz CT molecular complexity index is 1500. The third-order valence-corrected chi connectivity index (χ3v) is 16.8. The fourth-order valence-electron chi connectivity index (χ4n) is 7.94. The molecule has 0 N–H and O–H groups in total. The number of carbonyl (C=O) groups is 1. The predicted molar refractivity (Wildman–Crippen MR) is 210 cm³/mol. The smallest absolute Gasteiger partial charge is 0.200 e. The van der Waals surface area contributed by atoms with E-state index >= 15 is 0 Å². The van der Waals surface area contributed by atoms with E-state index in [1.165, 1.54) is 0 Å². The van der Waals surface area contributed by atoms with Gasteiger partial charge in [0.25, 0.3) is 0 Å². The first-order valence-electron chi connectivity index (χ1n) is 18.9. The van der Waals surface area contributed by atoms with Crippen LogP contribution >= 0.6 is 0 Å². The topological polar surface area (TPSA) is 90.9 Å². The Morgan fingerprint density at radius 1 is 0.642 bits per heavy atom. The minimum Gasteiger partial charge on any atom is -0.497 e. The van der Waals surface area contributed by atoms with Crippen molar-refractivity contribution in [2.24, 2.45) is 5.92 Å². The highest BCUT2D eigenvalue weighted by molar-refractivity contribution is 6.77. The van der Waals surface area contributed by atoms with Crippen molar-refractivity contribution < 1.29 is 42.4 Å². The third kappa shape index (κ3) is 10.7. The fraction of sp³-hybridized carbons (Fsp3) is 0.558. The van der Waals surface area contributed by atoms with Crippen LogP contribution in [0.1, 0.15) is 72.1 Å². The molecule has 0 bridgehead atoms. The second kappa shape index (κ2) is 19.9. The first-order valence-corrected chi connectivity index (χ1v) is 21.0. The van der Waals surface area contributed by atoms with Gasteiger partial charge < -0.3 is 37.6 Å². The molecular formula is C43H62O9Si. The third-order valence-electron chi connectivity index (χ3n) is 10.8. The van der Waals surface area contributed by atoms with E-state index in [-0.39, 0.29) is 18.3 Å². The van der Waals surface area contributed by atoms with Crippen LogP contribution in [0.2, 0.25) is 16.6 Å². The molecule has 0 aromatic heterocycles. The summed E-state index contributed by atoms with van der Waals surface area (Å²) in [4.78, 5) is 13.4. The molecule has 0 aliphatic carbocycles. The van der Waals surface area contributed by atoms with Gasteiger partial charge in [-0.15, -0.1) is 0 Å². The maximum Gasteiger partial charge on any atom is 0.200 e. The van der Waals surface area contributed by atoms with Crippen molar-refractivity contribution in [1.82, 2.24) is 0 Å². The predicted octanol–water partition coefficient (Wildman–Crippen LogP) is 8.95. The van der Waals surface area contributed by atoms with Gasteiger partial charge in [0.15, 0.2) is 14.1 Å². The average molecular weight is 751 g/mol. The highest BCUT2D eigenvalue weighted by Gasteiger charge is 2.51. The first kappa shape index (κ1) is 42.5. The van der Waals surface area contributed by atoms with Gasteiger partial charge in [-0.3, -0.25) is 4.79 Å². The van der Waals surface area contributed by atoms with E-state index in [0.29, 0.717) is 36.4 Å². The van der Waals surface area contributed by atoms with Gasteiger partial charge in [0.1, 0.15) is 35.6 Å². The molecule has 1 fully saturated rings. The molecule has 10 heteroatoms. The Kier molecular flexibility index (Phi) is 15.9. The number of hydrogen-bond donors (Lipinski definition) is 0. The summed E-state index contributed by atoms with van der Waals surface area (Å²) >= 11 is 0. The number of ether oxygens (including phenoxy) is 7. The lowest BCUT2D eigenvalue weighted by Crippen LogP contribution is -2.62. The Balaban J connectivity index is 1.71. The van der Waals surface area contributed by atoms with E-state index < -0.39 is 38.8 Å². The van der Waals surface area contributed by atoms with Gasteiger partial charge in [-0.2, -0.15) is 0 Å². The van der Waals surface area contributed by atoms with E-state index in [4.69, 9.17) is 37.6 Å². The van der Waals surface area contributed by atoms with Crippen molar-refractivity contribution >= 4 is 14.1 Å². The van der Waals surface area contributed by atoms with E-state index in [1.54, 1.807) is 28.3 Å². The summed E-state index contributed by atoms with van der Waals surface area (Å²) in [6, 6.07) is 23.4. The standard InChI is InChI=1S/C43H62O9Si/c1-28(2)53(29(3)4,30(5)6)51-27-39-43(50-26-35-16-22-38(47-11)23-17-35)40(48-24-33-12-18-36(45-9)19-13-33)31(7)41(52-39)42(32(8)44)49-25-34-14-20-37(46-10)21-15-34/h12-23,28-31,39-43H,24-27H2,1-11H3/t31-,39-,40-,41-,42+,43-/m1/s1. The molecule has 0 unspecified atom stereocenters. The van der Waals surface area contributed by atoms with E-state index in [1.807, 2.05) is 72.8 Å². The number of methoxy groups -OCH3 is 3. The van der Waals surface area contributed by atoms with Crippen LogP contribution in [0.5, 0.6) is 17.2 Å². The monoisotopic (exact) mass is 750 g/mol. The molecule has 3 aromatic rings. The number of ketones is 1. The quantitative estimate of drug-likeness (QED) is 0.105. The second-order valence-electron chi connectivity index (χ2n) is 15.1. The molecule has 0 saturated carbocycles. The van der Waals surface area contributed by atoms with Crippen LogP contribution in [-0.4, -0.2) is 72.6 Å². The molecule has 1 aliphatic rings. The highest BCUT2D eigenvalue weighted by Crippen LogP contribution is 2.43. The normalized spacial score (nSPS) is 21.2. The van der Waals surface area contributed by atoms with Gasteiger partial charge >= 0.3 is 0 Å². The van der Waals surface area contributed by atoms with Crippen LogP contribution < -0.4 is 14.2 Å². The maximum absolute atomic E-state index is 13.4. The molecule has 4 rings (SSSR count). The van der Waals surface area contributed by atoms with Crippen LogP contribution in [0.15, 0.2) is 72.8 Å². The van der Waals surface area contributed by atoms with E-state index in [0.717, 1.165) is 33.9 Å². The zero-order chi connectivity index (χ0) is 38.7. The van der Waals surface area contributed by atoms with Crippen LogP contribution in [0.25, 0.3) is 0 Å². The summed E-state index contributed by atoms with van der Waals surface area (Å²) in [6.45, 7) is 18.5. The van der Waals surface area contributed by atoms with E-state index in [9.17, 15) is 4.79 Å². The highest BCUT2D eigenvalue weighted by atomic mass is 28.4. The minimum absolute atomic E-state index is 0.114. The lowest BCUT2D eigenvalue weighted by atomic mass is 9.84. The van der Waals surface area contributed by atoms with Gasteiger partial charge in [-0.05, 0) is 76.6 Å². The molecule has 9 nitrogen and oxygen atoms in total. The van der Waals surface area contributed by atoms with Gasteiger partial charge in [-0.25, -0.2) is 0 Å². The summed E-state index contributed by atoms with van der Waals surface area (Å²) in [5.74, 6) is 1.91. The first-order chi connectivity index (χ1) is 25.3. The van der Waals surface area contributed by atoms with Crippen LogP contribution in [0.4, 0.5) is 0 Å². The van der Waals surface area contributed by atoms with Crippen molar-refractivity contribution in [3.63, 3.8) is 0 Å². The van der Waals surface area contributed by atoms with E-state index in [2.05, 4.69) is 48.5 Å². The molecule has 1 saturated heterocycles.